The lowest BCUT2D eigenvalue weighted by molar-refractivity contribution is -0.136. The van der Waals surface area contributed by atoms with Gasteiger partial charge < -0.3 is 5.11 Å². The first-order chi connectivity index (χ1) is 4.13. The van der Waals surface area contributed by atoms with Gasteiger partial charge in [0, 0.05) is 0 Å². The summed E-state index contributed by atoms with van der Waals surface area (Å²) in [6.07, 6.45) is -0.0617. The summed E-state index contributed by atoms with van der Waals surface area (Å²) in [5, 5.41) is 10.3. The van der Waals surface area contributed by atoms with Crippen molar-refractivity contribution in [2.45, 2.75) is 6.42 Å². The van der Waals surface area contributed by atoms with Gasteiger partial charge >= 0.3 is 13.3 Å². The number of rotatable bonds is 4. The molecule has 0 amide bonds. The molecule has 0 fully saturated rings. The Hall–Kier alpha value is -0.180. The largest absolute Gasteiger partial charge is 0.553 e. The normalized spacial score (nSPS) is 11.0. The van der Waals surface area contributed by atoms with Crippen molar-refractivity contribution in [3.63, 3.8) is 0 Å². The second kappa shape index (κ2) is 4.68. The van der Waals surface area contributed by atoms with Crippen molar-refractivity contribution >= 4 is 24.5 Å². The Kier molecular flexibility index (Phi) is 4.58. The third-order valence-electron chi connectivity index (χ3n) is 0.575. The molecule has 0 heterocycles. The molecule has 52 valence electrons. The minimum absolute atomic E-state index is 0.0617. The van der Waals surface area contributed by atoms with Gasteiger partial charge in [-0.15, -0.1) is 0 Å². The summed E-state index contributed by atoms with van der Waals surface area (Å²) in [6, 6.07) is 0. The van der Waals surface area contributed by atoms with Crippen LogP contribution < -0.4 is 5.09 Å². The minimum Gasteiger partial charge on any atom is -0.481 e. The van der Waals surface area contributed by atoms with Gasteiger partial charge in [-0.3, -0.25) is 4.79 Å². The molecular weight excluding hydrogens is 164 g/mol. The molecule has 1 unspecified atom stereocenters. The van der Waals surface area contributed by atoms with E-state index in [0.717, 1.165) is 0 Å². The SMILES string of the molecule is O=C(O)CCN[P+](=O)Cl. The fourth-order valence-corrected chi connectivity index (χ4v) is 0.792. The van der Waals surface area contributed by atoms with Crippen LogP contribution in [0.25, 0.3) is 0 Å². The lowest BCUT2D eigenvalue weighted by atomic mass is 10.5. The molecular formula is C3H6ClNO3P+. The highest BCUT2D eigenvalue weighted by Gasteiger charge is 2.09. The van der Waals surface area contributed by atoms with Crippen molar-refractivity contribution in [1.29, 1.82) is 0 Å². The highest BCUT2D eigenvalue weighted by atomic mass is 35.7. The van der Waals surface area contributed by atoms with Crippen LogP contribution in [0.3, 0.4) is 0 Å². The van der Waals surface area contributed by atoms with Crippen LogP contribution in [0, 0.1) is 0 Å². The highest BCUT2D eigenvalue weighted by molar-refractivity contribution is 7.72. The first-order valence-corrected chi connectivity index (χ1v) is 4.37. The third-order valence-corrected chi connectivity index (χ3v) is 1.41. The van der Waals surface area contributed by atoms with Crippen molar-refractivity contribution in [1.82, 2.24) is 5.09 Å². The van der Waals surface area contributed by atoms with Gasteiger partial charge in [0.1, 0.15) is 0 Å². The van der Waals surface area contributed by atoms with E-state index in [4.69, 9.17) is 16.3 Å². The van der Waals surface area contributed by atoms with Crippen LogP contribution in [0.2, 0.25) is 0 Å². The first kappa shape index (κ1) is 8.82. The average molecular weight is 171 g/mol. The van der Waals surface area contributed by atoms with E-state index < -0.39 is 13.3 Å². The van der Waals surface area contributed by atoms with Crippen LogP contribution in [0.1, 0.15) is 6.42 Å². The second-order valence-corrected chi connectivity index (χ2v) is 3.02. The number of aliphatic carboxylic acids is 1. The molecule has 0 bridgehead atoms. The maximum Gasteiger partial charge on any atom is 0.553 e. The van der Waals surface area contributed by atoms with Crippen molar-refractivity contribution < 1.29 is 14.5 Å². The fourth-order valence-electron chi connectivity index (χ4n) is 0.251. The van der Waals surface area contributed by atoms with Gasteiger partial charge in [-0.1, -0.05) is 5.09 Å². The molecule has 0 aliphatic rings. The smallest absolute Gasteiger partial charge is 0.481 e. The maximum atomic E-state index is 10.0. The Morgan fingerprint density at radius 2 is 2.33 bits per heavy atom. The van der Waals surface area contributed by atoms with Gasteiger partial charge in [-0.05, 0) is 4.57 Å². The number of halogens is 1. The Morgan fingerprint density at radius 1 is 1.78 bits per heavy atom. The van der Waals surface area contributed by atoms with E-state index in [9.17, 15) is 9.36 Å². The lowest BCUT2D eigenvalue weighted by Crippen LogP contribution is -2.08. The topological polar surface area (TPSA) is 66.4 Å². The Bertz CT molecular complexity index is 114. The molecule has 0 rings (SSSR count). The Morgan fingerprint density at radius 3 is 2.67 bits per heavy atom. The van der Waals surface area contributed by atoms with E-state index in [1.54, 1.807) is 0 Å². The number of carboxylic acids is 1. The molecule has 9 heavy (non-hydrogen) atoms. The first-order valence-electron chi connectivity index (χ1n) is 2.21. The van der Waals surface area contributed by atoms with Gasteiger partial charge in [0.15, 0.2) is 0 Å². The van der Waals surface area contributed by atoms with Crippen LogP contribution in [0.5, 0.6) is 0 Å². The van der Waals surface area contributed by atoms with E-state index in [-0.39, 0.29) is 13.0 Å². The standard InChI is InChI=1S/C3H5ClNO3P/c4-9(8)5-2-1-3(6)7/h1-2H2,(H-,5,6,7,8)/p+1. The summed E-state index contributed by atoms with van der Waals surface area (Å²) in [5.74, 6) is -0.934. The molecule has 0 aromatic heterocycles. The van der Waals surface area contributed by atoms with E-state index in [0.29, 0.717) is 0 Å². The molecule has 6 heteroatoms. The zero-order valence-electron chi connectivity index (χ0n) is 4.50. The summed E-state index contributed by atoms with van der Waals surface area (Å²) in [7, 11) is -1.92. The molecule has 4 nitrogen and oxygen atoms in total. The van der Waals surface area contributed by atoms with E-state index >= 15 is 0 Å². The summed E-state index contributed by atoms with van der Waals surface area (Å²) >= 11 is 4.97. The summed E-state index contributed by atoms with van der Waals surface area (Å²) in [5.41, 5.74) is 0. The molecule has 0 saturated carbocycles. The zero-order valence-corrected chi connectivity index (χ0v) is 6.15. The molecule has 0 aliphatic carbocycles. The zero-order chi connectivity index (χ0) is 7.28. The Balaban J connectivity index is 3.10. The van der Waals surface area contributed by atoms with E-state index in [1.807, 2.05) is 0 Å². The molecule has 0 spiro atoms. The summed E-state index contributed by atoms with van der Waals surface area (Å²) < 4.78 is 10.0. The lowest BCUT2D eigenvalue weighted by Gasteiger charge is -1.84. The number of hydrogen-bond acceptors (Lipinski definition) is 2. The monoisotopic (exact) mass is 170 g/mol. The van der Waals surface area contributed by atoms with Crippen molar-refractivity contribution in [2.75, 3.05) is 6.54 Å². The van der Waals surface area contributed by atoms with Crippen molar-refractivity contribution in [2.24, 2.45) is 0 Å². The molecule has 0 aliphatic heterocycles. The van der Waals surface area contributed by atoms with Gasteiger partial charge in [0.2, 0.25) is 11.2 Å². The average Bonchev–Trinajstić information content (AvgIpc) is 1.63. The highest BCUT2D eigenvalue weighted by Crippen LogP contribution is 2.18. The van der Waals surface area contributed by atoms with Crippen molar-refractivity contribution in [3.05, 3.63) is 0 Å². The molecule has 1 atom stereocenters. The number of hydrogen-bond donors (Lipinski definition) is 2. The van der Waals surface area contributed by atoms with Gasteiger partial charge in [-0.2, -0.15) is 0 Å². The van der Waals surface area contributed by atoms with Crippen LogP contribution in [-0.2, 0) is 9.36 Å². The number of carbonyl (C=O) groups is 1. The van der Waals surface area contributed by atoms with Crippen LogP contribution in [0.4, 0.5) is 0 Å². The van der Waals surface area contributed by atoms with Crippen LogP contribution in [-0.4, -0.2) is 17.6 Å². The maximum absolute atomic E-state index is 10.0. The molecule has 0 radical (unpaired) electrons. The summed E-state index contributed by atoms with van der Waals surface area (Å²) in [4.78, 5) is 9.80. The van der Waals surface area contributed by atoms with Crippen molar-refractivity contribution in [3.8, 4) is 0 Å². The van der Waals surface area contributed by atoms with Crippen LogP contribution >= 0.6 is 18.5 Å². The fraction of sp³-hybridized carbons (Fsp3) is 0.667. The predicted octanol–water partition coefficient (Wildman–Crippen LogP) is 0.947. The molecule has 0 aromatic carbocycles. The van der Waals surface area contributed by atoms with Gasteiger partial charge in [-0.25, -0.2) is 0 Å². The van der Waals surface area contributed by atoms with Gasteiger partial charge in [0.25, 0.3) is 0 Å². The summed E-state index contributed by atoms with van der Waals surface area (Å²) in [6.45, 7) is 0.147. The second-order valence-electron chi connectivity index (χ2n) is 1.30. The van der Waals surface area contributed by atoms with Gasteiger partial charge in [0.05, 0.1) is 13.0 Å². The third kappa shape index (κ3) is 7.82. The van der Waals surface area contributed by atoms with Crippen LogP contribution in [0.15, 0.2) is 0 Å². The van der Waals surface area contributed by atoms with E-state index in [1.165, 1.54) is 0 Å². The quantitative estimate of drug-likeness (QED) is 0.617. The number of nitrogens with one attached hydrogen (secondary N) is 1. The molecule has 0 aromatic rings. The molecule has 0 saturated heterocycles. The predicted molar refractivity (Wildman–Crippen MR) is 33.7 cm³/mol. The number of carboxylic acid groups (broad SMARTS) is 1. The van der Waals surface area contributed by atoms with E-state index in [2.05, 4.69) is 5.09 Å². The Labute approximate surface area is 57.8 Å². The minimum atomic E-state index is -1.92. The molecule has 2 N–H and O–H groups in total.